The van der Waals surface area contributed by atoms with Crippen LogP contribution in [0, 0.1) is 0 Å². The molecule has 0 radical (unpaired) electrons. The van der Waals surface area contributed by atoms with Crippen LogP contribution in [0.5, 0.6) is 5.75 Å². The van der Waals surface area contributed by atoms with Crippen molar-refractivity contribution >= 4 is 17.9 Å². The Hall–Kier alpha value is -2.04. The maximum Gasteiger partial charge on any atom is 0.344 e. The molecule has 0 saturated heterocycles. The van der Waals surface area contributed by atoms with Gasteiger partial charge in [0, 0.05) is 5.56 Å². The van der Waals surface area contributed by atoms with Crippen molar-refractivity contribution in [1.82, 2.24) is 0 Å². The highest BCUT2D eigenvalue weighted by molar-refractivity contribution is 5.78. The summed E-state index contributed by atoms with van der Waals surface area (Å²) in [6.07, 6.45) is 0.677. The van der Waals surface area contributed by atoms with Crippen LogP contribution in [0.4, 0.5) is 5.69 Å². The van der Waals surface area contributed by atoms with Gasteiger partial charge in [-0.1, -0.05) is 0 Å². The molecule has 0 fully saturated rings. The highest BCUT2D eigenvalue weighted by Crippen LogP contribution is 2.21. The molecule has 5 heteroatoms. The average Bonchev–Trinajstić information content (AvgIpc) is 2.28. The first-order chi connectivity index (χ1) is 7.67. The molecule has 1 rings (SSSR count). The lowest BCUT2D eigenvalue weighted by atomic mass is 10.2. The largest absolute Gasteiger partial charge is 0.480 e. The fourth-order valence-electron chi connectivity index (χ4n) is 1.09. The zero-order valence-electron chi connectivity index (χ0n) is 8.93. The van der Waals surface area contributed by atoms with Crippen molar-refractivity contribution in [2.75, 3.05) is 18.9 Å². The van der Waals surface area contributed by atoms with Gasteiger partial charge in [0.15, 0.2) is 6.61 Å². The number of hydrogen-bond acceptors (Lipinski definition) is 5. The lowest BCUT2D eigenvalue weighted by Gasteiger charge is -2.08. The first-order valence-corrected chi connectivity index (χ1v) is 4.80. The van der Waals surface area contributed by atoms with Crippen LogP contribution in [0.1, 0.15) is 17.3 Å². The van der Waals surface area contributed by atoms with Gasteiger partial charge in [0.05, 0.1) is 12.3 Å². The van der Waals surface area contributed by atoms with Gasteiger partial charge in [-0.25, -0.2) is 4.79 Å². The molecule has 1 aromatic rings. The third-order valence-corrected chi connectivity index (χ3v) is 1.82. The molecule has 0 spiro atoms. The standard InChI is InChI=1S/C11H13NO4/c1-2-15-11(14)7-16-10-5-8(6-13)3-4-9(10)12/h3-6H,2,7,12H2,1H3. The number of esters is 1. The molecule has 2 N–H and O–H groups in total. The number of ether oxygens (including phenoxy) is 2. The van der Waals surface area contributed by atoms with Gasteiger partial charge in [-0.2, -0.15) is 0 Å². The summed E-state index contributed by atoms with van der Waals surface area (Å²) < 4.78 is 9.82. The molecule has 0 bridgehead atoms. The minimum absolute atomic E-state index is 0.222. The second kappa shape index (κ2) is 5.75. The van der Waals surface area contributed by atoms with E-state index in [2.05, 4.69) is 4.74 Å². The molecule has 16 heavy (non-hydrogen) atoms. The van der Waals surface area contributed by atoms with E-state index in [4.69, 9.17) is 10.5 Å². The second-order valence-electron chi connectivity index (χ2n) is 3.01. The number of rotatable bonds is 5. The number of nitrogen functional groups attached to an aromatic ring is 1. The predicted molar refractivity (Wildman–Crippen MR) is 58.4 cm³/mol. The maximum absolute atomic E-state index is 11.0. The van der Waals surface area contributed by atoms with Crippen molar-refractivity contribution in [3.63, 3.8) is 0 Å². The molecule has 0 saturated carbocycles. The Bertz CT molecular complexity index is 390. The number of benzene rings is 1. The third kappa shape index (κ3) is 3.27. The van der Waals surface area contributed by atoms with Crippen molar-refractivity contribution < 1.29 is 19.1 Å². The van der Waals surface area contributed by atoms with Gasteiger partial charge in [-0.15, -0.1) is 0 Å². The van der Waals surface area contributed by atoms with E-state index in [1.165, 1.54) is 6.07 Å². The van der Waals surface area contributed by atoms with Gasteiger partial charge in [-0.05, 0) is 25.1 Å². The molecular weight excluding hydrogens is 210 g/mol. The summed E-state index contributed by atoms with van der Waals surface area (Å²) >= 11 is 0. The van der Waals surface area contributed by atoms with Crippen molar-refractivity contribution in [3.8, 4) is 5.75 Å². The summed E-state index contributed by atoms with van der Waals surface area (Å²) in [5.41, 5.74) is 6.42. The van der Waals surface area contributed by atoms with E-state index < -0.39 is 5.97 Å². The Morgan fingerprint density at radius 1 is 1.50 bits per heavy atom. The molecule has 0 aliphatic carbocycles. The van der Waals surface area contributed by atoms with E-state index in [-0.39, 0.29) is 6.61 Å². The Morgan fingerprint density at radius 2 is 2.25 bits per heavy atom. The molecule has 86 valence electrons. The first kappa shape index (κ1) is 12.0. The van der Waals surface area contributed by atoms with Crippen LogP contribution in [0.2, 0.25) is 0 Å². The number of carbonyl (C=O) groups excluding carboxylic acids is 2. The fourth-order valence-corrected chi connectivity index (χ4v) is 1.09. The smallest absolute Gasteiger partial charge is 0.344 e. The van der Waals surface area contributed by atoms with E-state index in [9.17, 15) is 9.59 Å². The fraction of sp³-hybridized carbons (Fsp3) is 0.273. The van der Waals surface area contributed by atoms with Crippen LogP contribution in [0.15, 0.2) is 18.2 Å². The SMILES string of the molecule is CCOC(=O)COc1cc(C=O)ccc1N. The molecular formula is C11H13NO4. The minimum Gasteiger partial charge on any atom is -0.480 e. The van der Waals surface area contributed by atoms with Gasteiger partial charge in [-0.3, -0.25) is 4.79 Å². The van der Waals surface area contributed by atoms with E-state index in [0.717, 1.165) is 0 Å². The van der Waals surface area contributed by atoms with Crippen molar-refractivity contribution in [1.29, 1.82) is 0 Å². The summed E-state index contributed by atoms with van der Waals surface area (Å²) in [7, 11) is 0. The normalized spacial score (nSPS) is 9.56. The van der Waals surface area contributed by atoms with Crippen LogP contribution in [-0.4, -0.2) is 25.5 Å². The van der Waals surface area contributed by atoms with Gasteiger partial charge < -0.3 is 15.2 Å². The summed E-state index contributed by atoms with van der Waals surface area (Å²) in [6, 6.07) is 4.59. The second-order valence-corrected chi connectivity index (χ2v) is 3.01. The highest BCUT2D eigenvalue weighted by atomic mass is 16.6. The molecule has 5 nitrogen and oxygen atoms in total. The topological polar surface area (TPSA) is 78.6 Å². The minimum atomic E-state index is -0.474. The average molecular weight is 223 g/mol. The summed E-state index contributed by atoms with van der Waals surface area (Å²) in [5, 5.41) is 0. The molecule has 0 amide bonds. The van der Waals surface area contributed by atoms with E-state index in [1.807, 2.05) is 0 Å². The maximum atomic E-state index is 11.0. The summed E-state index contributed by atoms with van der Waals surface area (Å²) in [5.74, 6) is -0.170. The lowest BCUT2D eigenvalue weighted by molar-refractivity contribution is -0.145. The van der Waals surface area contributed by atoms with Gasteiger partial charge >= 0.3 is 5.97 Å². The molecule has 1 aromatic carbocycles. The van der Waals surface area contributed by atoms with Crippen LogP contribution in [-0.2, 0) is 9.53 Å². The number of aldehydes is 1. The van der Waals surface area contributed by atoms with Gasteiger partial charge in [0.25, 0.3) is 0 Å². The van der Waals surface area contributed by atoms with E-state index in [0.29, 0.717) is 29.9 Å². The molecule has 0 aromatic heterocycles. The van der Waals surface area contributed by atoms with Gasteiger partial charge in [0.2, 0.25) is 0 Å². The molecule has 0 aliphatic heterocycles. The Kier molecular flexibility index (Phi) is 4.32. The van der Waals surface area contributed by atoms with Crippen molar-refractivity contribution in [2.24, 2.45) is 0 Å². The Labute approximate surface area is 93.1 Å². The number of anilines is 1. The molecule has 0 aliphatic rings. The zero-order valence-corrected chi connectivity index (χ0v) is 8.93. The highest BCUT2D eigenvalue weighted by Gasteiger charge is 2.06. The van der Waals surface area contributed by atoms with Crippen LogP contribution in [0.25, 0.3) is 0 Å². The molecule has 0 unspecified atom stereocenters. The third-order valence-electron chi connectivity index (χ3n) is 1.82. The Morgan fingerprint density at radius 3 is 2.88 bits per heavy atom. The first-order valence-electron chi connectivity index (χ1n) is 4.80. The van der Waals surface area contributed by atoms with E-state index in [1.54, 1.807) is 19.1 Å². The monoisotopic (exact) mass is 223 g/mol. The Balaban J connectivity index is 2.65. The summed E-state index contributed by atoms with van der Waals surface area (Å²) in [4.78, 5) is 21.5. The number of hydrogen-bond donors (Lipinski definition) is 1. The molecule has 0 atom stereocenters. The van der Waals surface area contributed by atoms with Crippen LogP contribution >= 0.6 is 0 Å². The van der Waals surface area contributed by atoms with E-state index >= 15 is 0 Å². The number of carbonyl (C=O) groups is 2. The zero-order chi connectivity index (χ0) is 12.0. The number of nitrogens with two attached hydrogens (primary N) is 1. The predicted octanol–water partition coefficient (Wildman–Crippen LogP) is 1.02. The van der Waals surface area contributed by atoms with Gasteiger partial charge in [0.1, 0.15) is 12.0 Å². The summed E-state index contributed by atoms with van der Waals surface area (Å²) in [6.45, 7) is 1.78. The van der Waals surface area contributed by atoms with Crippen molar-refractivity contribution in [2.45, 2.75) is 6.92 Å². The van der Waals surface area contributed by atoms with Crippen LogP contribution in [0.3, 0.4) is 0 Å². The van der Waals surface area contributed by atoms with Crippen LogP contribution < -0.4 is 10.5 Å². The lowest BCUT2D eigenvalue weighted by Crippen LogP contribution is -2.15. The quantitative estimate of drug-likeness (QED) is 0.458. The van der Waals surface area contributed by atoms with Crippen molar-refractivity contribution in [3.05, 3.63) is 23.8 Å². The molecule has 0 heterocycles.